The lowest BCUT2D eigenvalue weighted by atomic mass is 9.77. The lowest BCUT2D eigenvalue weighted by Crippen LogP contribution is -2.44. The van der Waals surface area contributed by atoms with Crippen LogP contribution in [0.1, 0.15) is 70.6 Å². The molecule has 0 radical (unpaired) electrons. The van der Waals surface area contributed by atoms with Crippen LogP contribution in [-0.2, 0) is 29.5 Å². The number of aryl methyl sites for hydroxylation is 1. The number of nitrogens with zero attached hydrogens (tertiary/aromatic N) is 3. The van der Waals surface area contributed by atoms with Crippen molar-refractivity contribution in [3.05, 3.63) is 104 Å². The number of fused-ring (bicyclic) bond motifs is 1. The van der Waals surface area contributed by atoms with Crippen LogP contribution >= 0.6 is 11.3 Å². The molecular weight excluding hydrogens is 657 g/mol. The molecule has 2 aromatic heterocycles. The SMILES string of the molecule is CC(C)(C)n1[nH]c(C(F)(F)F)c(C2=C([O-])C(Cc3sc4ccccc4[n+]3CCCCN3C(=O)c4cccc5cccc(c45)C3=O)C2=O)c1=O. The molecule has 1 N–H and O–H groups in total. The Labute approximate surface area is 281 Å². The molecule has 0 saturated heterocycles. The normalized spacial score (nSPS) is 16.7. The number of hydrogen-bond donors (Lipinski definition) is 1. The van der Waals surface area contributed by atoms with Crippen molar-refractivity contribution in [2.75, 3.05) is 6.54 Å². The molecule has 0 bridgehead atoms. The topological polar surface area (TPSA) is 119 Å². The summed E-state index contributed by atoms with van der Waals surface area (Å²) in [6, 6.07) is 18.3. The second-order valence-electron chi connectivity index (χ2n) is 13.3. The molecule has 0 saturated carbocycles. The van der Waals surface area contributed by atoms with E-state index in [0.29, 0.717) is 40.9 Å². The van der Waals surface area contributed by atoms with Gasteiger partial charge in [0.1, 0.15) is 16.9 Å². The van der Waals surface area contributed by atoms with E-state index in [1.165, 1.54) is 37.0 Å². The number of H-pyrrole nitrogens is 1. The summed E-state index contributed by atoms with van der Waals surface area (Å²) in [5.41, 5.74) is -3.36. The number of halogens is 3. The largest absolute Gasteiger partial charge is 0.874 e. The van der Waals surface area contributed by atoms with Gasteiger partial charge < -0.3 is 5.11 Å². The first-order valence-electron chi connectivity index (χ1n) is 15.8. The van der Waals surface area contributed by atoms with E-state index in [9.17, 15) is 37.5 Å². The Kier molecular flexibility index (Phi) is 7.65. The number of para-hydroxylation sites is 1. The predicted octanol–water partition coefficient (Wildman–Crippen LogP) is 5.20. The Morgan fingerprint density at radius 1 is 0.898 bits per heavy atom. The fraction of sp³-hybridized carbons (Fsp3) is 0.306. The molecule has 252 valence electrons. The van der Waals surface area contributed by atoms with Gasteiger partial charge in [-0.2, -0.15) is 17.7 Å². The molecule has 2 amide bonds. The van der Waals surface area contributed by atoms with Crippen LogP contribution in [-0.4, -0.2) is 38.8 Å². The minimum atomic E-state index is -4.99. The van der Waals surface area contributed by atoms with Gasteiger partial charge in [-0.05, 0) is 50.8 Å². The van der Waals surface area contributed by atoms with Crippen molar-refractivity contribution in [3.8, 4) is 0 Å². The fourth-order valence-corrected chi connectivity index (χ4v) is 8.00. The number of thiazole rings is 1. The number of aromatic nitrogens is 3. The summed E-state index contributed by atoms with van der Waals surface area (Å²) in [6.45, 7) is 5.25. The van der Waals surface area contributed by atoms with Gasteiger partial charge in [0, 0.05) is 47.0 Å². The zero-order valence-electron chi connectivity index (χ0n) is 26.8. The Hall–Kier alpha value is -5.04. The van der Waals surface area contributed by atoms with E-state index in [4.69, 9.17) is 0 Å². The van der Waals surface area contributed by atoms with Gasteiger partial charge in [0.25, 0.3) is 17.4 Å². The standard InChI is InChI=1S/C36H31F3N4O5S/c1-35(2,3)43-34(48)28(31(40-43)36(37,38)39)27-29(44)22(30(27)45)18-25-41(23-14-4-5-15-24(23)49-25)16-6-7-17-42-32(46)20-12-8-10-19-11-9-13-21(26(19)20)33(42)47/h4-5,8-15,22H,6-7,16-18H2,1-3H3,(H-,40,44,45,48). The van der Waals surface area contributed by atoms with Crippen LogP contribution in [0.5, 0.6) is 0 Å². The van der Waals surface area contributed by atoms with Crippen LogP contribution in [0.25, 0.3) is 26.6 Å². The molecule has 3 heterocycles. The van der Waals surface area contributed by atoms with Crippen LogP contribution in [0.2, 0.25) is 0 Å². The number of unbranched alkanes of at least 4 members (excludes halogenated alkanes) is 1. The Morgan fingerprint density at radius 2 is 1.55 bits per heavy atom. The van der Waals surface area contributed by atoms with Crippen molar-refractivity contribution in [1.29, 1.82) is 0 Å². The number of allylic oxidation sites excluding steroid dienone is 2. The third-order valence-corrected chi connectivity index (χ3v) is 10.3. The molecule has 2 aliphatic rings. The minimum absolute atomic E-state index is 0.0381. The fourth-order valence-electron chi connectivity index (χ4n) is 6.77. The Balaban J connectivity index is 1.12. The smallest absolute Gasteiger partial charge is 0.433 e. The highest BCUT2D eigenvalue weighted by Gasteiger charge is 2.46. The van der Waals surface area contributed by atoms with Crippen molar-refractivity contribution in [1.82, 2.24) is 14.7 Å². The van der Waals surface area contributed by atoms with Crippen LogP contribution in [0.4, 0.5) is 13.2 Å². The van der Waals surface area contributed by atoms with Gasteiger partial charge in [-0.15, -0.1) is 5.76 Å². The monoisotopic (exact) mass is 688 g/mol. The van der Waals surface area contributed by atoms with Gasteiger partial charge in [-0.25, -0.2) is 4.68 Å². The first-order chi connectivity index (χ1) is 23.2. The van der Waals surface area contributed by atoms with E-state index < -0.39 is 51.6 Å². The highest BCUT2D eigenvalue weighted by molar-refractivity contribution is 7.18. The third kappa shape index (κ3) is 5.27. The molecule has 1 aliphatic heterocycles. The van der Waals surface area contributed by atoms with Crippen LogP contribution in [0.15, 0.2) is 71.2 Å². The van der Waals surface area contributed by atoms with Crippen LogP contribution < -0.4 is 15.2 Å². The second-order valence-corrected chi connectivity index (χ2v) is 14.4. The first-order valence-corrected chi connectivity index (χ1v) is 16.7. The number of carbonyl (C=O) groups excluding carboxylic acids is 3. The molecule has 9 nitrogen and oxygen atoms in total. The van der Waals surface area contributed by atoms with Gasteiger partial charge >= 0.3 is 6.18 Å². The minimum Gasteiger partial charge on any atom is -0.874 e. The summed E-state index contributed by atoms with van der Waals surface area (Å²) in [4.78, 5) is 54.4. The molecule has 1 aliphatic carbocycles. The van der Waals surface area contributed by atoms with Crippen molar-refractivity contribution in [3.63, 3.8) is 0 Å². The molecule has 49 heavy (non-hydrogen) atoms. The lowest BCUT2D eigenvalue weighted by Gasteiger charge is -2.35. The van der Waals surface area contributed by atoms with Gasteiger partial charge in [0.15, 0.2) is 5.78 Å². The van der Waals surface area contributed by atoms with E-state index in [2.05, 4.69) is 5.10 Å². The molecule has 5 aromatic rings. The third-order valence-electron chi connectivity index (χ3n) is 9.15. The molecular formula is C36H31F3N4O5S. The molecule has 1 unspecified atom stereocenters. The van der Waals surface area contributed by atoms with Crippen LogP contribution in [0.3, 0.4) is 0 Å². The maximum absolute atomic E-state index is 14.0. The van der Waals surface area contributed by atoms with Crippen molar-refractivity contribution in [2.24, 2.45) is 5.92 Å². The Bertz CT molecular complexity index is 2260. The predicted molar refractivity (Wildman–Crippen MR) is 175 cm³/mol. The number of amides is 2. The number of imide groups is 1. The quantitative estimate of drug-likeness (QED) is 0.137. The van der Waals surface area contributed by atoms with Gasteiger partial charge in [-0.3, -0.25) is 29.2 Å². The van der Waals surface area contributed by atoms with E-state index in [1.807, 2.05) is 41.0 Å². The zero-order chi connectivity index (χ0) is 35.0. The zero-order valence-corrected chi connectivity index (χ0v) is 27.6. The summed E-state index contributed by atoms with van der Waals surface area (Å²) < 4.78 is 45.6. The number of ketones is 1. The molecule has 13 heteroatoms. The van der Waals surface area contributed by atoms with Gasteiger partial charge in [-0.1, -0.05) is 47.7 Å². The maximum atomic E-state index is 14.0. The molecule has 3 aromatic carbocycles. The lowest BCUT2D eigenvalue weighted by molar-refractivity contribution is -0.675. The Morgan fingerprint density at radius 3 is 2.16 bits per heavy atom. The number of benzene rings is 3. The molecule has 7 rings (SSSR count). The van der Waals surface area contributed by atoms with Gasteiger partial charge in [0.05, 0.1) is 17.5 Å². The number of Topliss-reactive ketones (excluding diaryl/α,β-unsaturated/α-hetero) is 1. The molecule has 0 spiro atoms. The number of hydrogen-bond acceptors (Lipinski definition) is 6. The maximum Gasteiger partial charge on any atom is 0.433 e. The number of alkyl halides is 3. The van der Waals surface area contributed by atoms with Crippen LogP contribution in [0, 0.1) is 5.92 Å². The summed E-state index contributed by atoms with van der Waals surface area (Å²) in [5.74, 6) is -3.51. The van der Waals surface area contributed by atoms with Gasteiger partial charge in [0.2, 0.25) is 10.5 Å². The van der Waals surface area contributed by atoms with E-state index in [1.54, 1.807) is 24.3 Å². The number of aromatic amines is 1. The summed E-state index contributed by atoms with van der Waals surface area (Å²) in [7, 11) is 0. The summed E-state index contributed by atoms with van der Waals surface area (Å²) in [6.07, 6.45) is -3.99. The average molecular weight is 689 g/mol. The van der Waals surface area contributed by atoms with Crippen molar-refractivity contribution >= 4 is 55.5 Å². The molecule has 1 atom stereocenters. The average Bonchev–Trinajstić information content (AvgIpc) is 3.59. The summed E-state index contributed by atoms with van der Waals surface area (Å²) in [5, 5.41) is 17.6. The number of carbonyl (C=O) groups is 3. The van der Waals surface area contributed by atoms with E-state index >= 15 is 0 Å². The highest BCUT2D eigenvalue weighted by atomic mass is 32.1. The number of rotatable bonds is 8. The van der Waals surface area contributed by atoms with E-state index in [0.717, 1.165) is 20.3 Å². The second kappa shape index (κ2) is 11.5. The highest BCUT2D eigenvalue weighted by Crippen LogP contribution is 2.41. The van der Waals surface area contributed by atoms with Crippen molar-refractivity contribution in [2.45, 2.75) is 58.3 Å². The number of nitrogens with one attached hydrogen (secondary N) is 1. The van der Waals surface area contributed by atoms with E-state index in [-0.39, 0.29) is 24.8 Å². The molecule has 0 fully saturated rings. The van der Waals surface area contributed by atoms with Crippen molar-refractivity contribution < 1.29 is 37.2 Å². The summed E-state index contributed by atoms with van der Waals surface area (Å²) >= 11 is 1.38. The first kappa shape index (κ1) is 32.5.